The fourth-order valence-electron chi connectivity index (χ4n) is 3.78. The van der Waals surface area contributed by atoms with E-state index >= 15 is 0 Å². The number of aromatic nitrogens is 6. The zero-order valence-corrected chi connectivity index (χ0v) is 16.3. The molecule has 1 saturated heterocycles. The van der Waals surface area contributed by atoms with Gasteiger partial charge in [0, 0.05) is 32.3 Å². The van der Waals surface area contributed by atoms with Crippen LogP contribution in [0.1, 0.15) is 50.4 Å². The van der Waals surface area contributed by atoms with Crippen LogP contribution < -0.4 is 4.90 Å². The third-order valence-corrected chi connectivity index (χ3v) is 5.08. The number of anilines is 1. The van der Waals surface area contributed by atoms with Crippen LogP contribution in [0.4, 0.5) is 5.82 Å². The van der Waals surface area contributed by atoms with E-state index in [1.807, 2.05) is 17.9 Å². The summed E-state index contributed by atoms with van der Waals surface area (Å²) in [6, 6.07) is 0.133. The zero-order valence-electron chi connectivity index (χ0n) is 16.3. The highest BCUT2D eigenvalue weighted by molar-refractivity contribution is 5.96. The molecule has 0 amide bonds. The van der Waals surface area contributed by atoms with Crippen molar-refractivity contribution in [2.24, 2.45) is 7.05 Å². The zero-order chi connectivity index (χ0) is 19.2. The van der Waals surface area contributed by atoms with E-state index in [2.05, 4.69) is 45.8 Å². The molecule has 0 bridgehead atoms. The summed E-state index contributed by atoms with van der Waals surface area (Å²) < 4.78 is 3.59. The third kappa shape index (κ3) is 3.20. The maximum absolute atomic E-state index is 12.7. The topological polar surface area (TPSA) is 81.7 Å². The van der Waals surface area contributed by atoms with E-state index in [1.54, 1.807) is 23.4 Å². The number of aryl methyl sites for hydroxylation is 1. The summed E-state index contributed by atoms with van der Waals surface area (Å²) in [7, 11) is 1.82. The van der Waals surface area contributed by atoms with Gasteiger partial charge in [0.15, 0.2) is 11.4 Å². The van der Waals surface area contributed by atoms with Gasteiger partial charge in [0.05, 0.1) is 28.9 Å². The molecule has 1 aliphatic rings. The molecule has 0 N–H and O–H groups in total. The largest absolute Gasteiger partial charge is 0.352 e. The maximum Gasteiger partial charge on any atom is 0.168 e. The number of fused-ring (bicyclic) bond motifs is 1. The van der Waals surface area contributed by atoms with Gasteiger partial charge in [-0.1, -0.05) is 0 Å². The molecule has 1 atom stereocenters. The lowest BCUT2D eigenvalue weighted by Crippen LogP contribution is -2.32. The minimum absolute atomic E-state index is 0.121. The minimum atomic E-state index is -0.159. The Kier molecular flexibility index (Phi) is 4.20. The van der Waals surface area contributed by atoms with Crippen molar-refractivity contribution >= 4 is 22.6 Å². The maximum atomic E-state index is 12.7. The molecule has 27 heavy (non-hydrogen) atoms. The van der Waals surface area contributed by atoms with Crippen molar-refractivity contribution in [1.29, 1.82) is 0 Å². The van der Waals surface area contributed by atoms with Gasteiger partial charge in [-0.15, -0.1) is 0 Å². The summed E-state index contributed by atoms with van der Waals surface area (Å²) in [5, 5.41) is 9.59. The van der Waals surface area contributed by atoms with Crippen LogP contribution in [-0.2, 0) is 12.6 Å². The van der Waals surface area contributed by atoms with E-state index in [9.17, 15) is 4.79 Å². The first-order valence-corrected chi connectivity index (χ1v) is 9.32. The van der Waals surface area contributed by atoms with Crippen LogP contribution in [0.5, 0.6) is 0 Å². The fourth-order valence-corrected chi connectivity index (χ4v) is 3.78. The Bertz CT molecular complexity index is 982. The molecular weight excluding hydrogens is 342 g/mol. The van der Waals surface area contributed by atoms with Gasteiger partial charge < -0.3 is 4.90 Å². The van der Waals surface area contributed by atoms with Crippen molar-refractivity contribution in [2.45, 2.75) is 51.6 Å². The second-order valence-electron chi connectivity index (χ2n) is 8.18. The van der Waals surface area contributed by atoms with Gasteiger partial charge in [0.25, 0.3) is 0 Å². The molecule has 4 heterocycles. The van der Waals surface area contributed by atoms with Crippen molar-refractivity contribution in [3.63, 3.8) is 0 Å². The van der Waals surface area contributed by atoms with E-state index < -0.39 is 0 Å². The number of nitrogens with zero attached hydrogens (tertiary/aromatic N) is 7. The van der Waals surface area contributed by atoms with Crippen molar-refractivity contribution in [1.82, 2.24) is 29.5 Å². The molecule has 3 aromatic heterocycles. The highest BCUT2D eigenvalue weighted by Crippen LogP contribution is 2.32. The summed E-state index contributed by atoms with van der Waals surface area (Å²) in [6.07, 6.45) is 9.34. The summed E-state index contributed by atoms with van der Waals surface area (Å²) in [5.41, 5.74) is 1.34. The van der Waals surface area contributed by atoms with Crippen LogP contribution in [0, 0.1) is 0 Å². The summed E-state index contributed by atoms with van der Waals surface area (Å²) >= 11 is 0. The van der Waals surface area contributed by atoms with Gasteiger partial charge in [-0.25, -0.2) is 14.6 Å². The molecule has 1 aliphatic heterocycles. The second kappa shape index (κ2) is 6.44. The van der Waals surface area contributed by atoms with Crippen molar-refractivity contribution in [2.75, 3.05) is 11.4 Å². The first-order valence-electron chi connectivity index (χ1n) is 9.32. The third-order valence-electron chi connectivity index (χ3n) is 5.08. The Morgan fingerprint density at radius 3 is 2.74 bits per heavy atom. The van der Waals surface area contributed by atoms with Gasteiger partial charge in [-0.3, -0.25) is 9.48 Å². The van der Waals surface area contributed by atoms with E-state index in [0.717, 1.165) is 36.2 Å². The second-order valence-corrected chi connectivity index (χ2v) is 8.18. The van der Waals surface area contributed by atoms with E-state index in [4.69, 9.17) is 0 Å². The van der Waals surface area contributed by atoms with E-state index in [1.165, 1.54) is 0 Å². The molecule has 1 fully saturated rings. The quantitative estimate of drug-likeness (QED) is 0.659. The molecule has 0 saturated carbocycles. The summed E-state index contributed by atoms with van der Waals surface area (Å²) in [6.45, 7) is 7.20. The fraction of sp³-hybridized carbons (Fsp3) is 0.526. The summed E-state index contributed by atoms with van der Waals surface area (Å²) in [4.78, 5) is 23.9. The van der Waals surface area contributed by atoms with Gasteiger partial charge >= 0.3 is 0 Å². The molecule has 142 valence electrons. The predicted octanol–water partition coefficient (Wildman–Crippen LogP) is 2.56. The van der Waals surface area contributed by atoms with Crippen LogP contribution in [0.2, 0.25) is 0 Å². The first-order chi connectivity index (χ1) is 12.8. The number of carbonyl (C=O) groups is 1. The smallest absolute Gasteiger partial charge is 0.168 e. The standard InChI is InChI=1S/C19H25N7O/c1-19(2,3)26-18-15(10-23-26)17(20-12-21-18)25-7-5-6-14(25)8-16(27)13-9-22-24(4)11-13/h9-12,14H,5-8H2,1-4H3. The molecule has 8 nitrogen and oxygen atoms in total. The van der Waals surface area contributed by atoms with Crippen LogP contribution in [0.3, 0.4) is 0 Å². The van der Waals surface area contributed by atoms with Gasteiger partial charge in [0.2, 0.25) is 0 Å². The highest BCUT2D eigenvalue weighted by Gasteiger charge is 2.31. The van der Waals surface area contributed by atoms with Crippen molar-refractivity contribution in [3.05, 3.63) is 30.5 Å². The Hall–Kier alpha value is -2.77. The first kappa shape index (κ1) is 17.6. The van der Waals surface area contributed by atoms with E-state index in [0.29, 0.717) is 12.0 Å². The molecule has 4 rings (SSSR count). The minimum Gasteiger partial charge on any atom is -0.352 e. The van der Waals surface area contributed by atoms with Crippen molar-refractivity contribution in [3.8, 4) is 0 Å². The Morgan fingerprint density at radius 2 is 2.04 bits per heavy atom. The van der Waals surface area contributed by atoms with E-state index in [-0.39, 0.29) is 17.4 Å². The molecule has 0 radical (unpaired) electrons. The SMILES string of the molecule is Cn1cc(C(=O)CC2CCCN2c2ncnc3c2cnn3C(C)(C)C)cn1. The van der Waals surface area contributed by atoms with Gasteiger partial charge in [-0.05, 0) is 33.6 Å². The molecule has 3 aromatic rings. The molecule has 1 unspecified atom stereocenters. The average molecular weight is 367 g/mol. The number of rotatable bonds is 4. The number of ketones is 1. The Morgan fingerprint density at radius 1 is 1.22 bits per heavy atom. The molecule has 0 aromatic carbocycles. The number of hydrogen-bond donors (Lipinski definition) is 0. The normalized spacial score (nSPS) is 17.8. The van der Waals surface area contributed by atoms with Crippen LogP contribution >= 0.6 is 0 Å². The Balaban J connectivity index is 1.64. The lowest BCUT2D eigenvalue weighted by molar-refractivity contribution is 0.0974. The van der Waals surface area contributed by atoms with Gasteiger partial charge in [-0.2, -0.15) is 10.2 Å². The lowest BCUT2D eigenvalue weighted by Gasteiger charge is -2.26. The average Bonchev–Trinajstić information content (AvgIpc) is 3.32. The van der Waals surface area contributed by atoms with Gasteiger partial charge in [0.1, 0.15) is 12.1 Å². The summed E-state index contributed by atoms with van der Waals surface area (Å²) in [5.74, 6) is 0.993. The molecule has 0 spiro atoms. The monoisotopic (exact) mass is 367 g/mol. The predicted molar refractivity (Wildman–Crippen MR) is 103 cm³/mol. The van der Waals surface area contributed by atoms with Crippen LogP contribution in [-0.4, -0.2) is 47.9 Å². The molecular formula is C19H25N7O. The number of Topliss-reactive ketones (excluding diaryl/α,β-unsaturated/α-hetero) is 1. The molecule has 8 heteroatoms. The lowest BCUT2D eigenvalue weighted by atomic mass is 10.0. The number of hydrogen-bond acceptors (Lipinski definition) is 6. The Labute approximate surface area is 158 Å². The molecule has 0 aliphatic carbocycles. The number of carbonyl (C=O) groups excluding carboxylic acids is 1. The van der Waals surface area contributed by atoms with Crippen molar-refractivity contribution < 1.29 is 4.79 Å². The highest BCUT2D eigenvalue weighted by atomic mass is 16.1. The van der Waals surface area contributed by atoms with Crippen LogP contribution in [0.15, 0.2) is 24.9 Å². The van der Waals surface area contributed by atoms with Crippen LogP contribution in [0.25, 0.3) is 11.0 Å².